The molecule has 0 radical (unpaired) electrons. The van der Waals surface area contributed by atoms with Gasteiger partial charge in [0.1, 0.15) is 6.54 Å². The van der Waals surface area contributed by atoms with Crippen LogP contribution in [0.15, 0.2) is 12.1 Å². The molecule has 2 aliphatic carbocycles. The van der Waals surface area contributed by atoms with Gasteiger partial charge in [-0.2, -0.15) is 0 Å². The van der Waals surface area contributed by atoms with Gasteiger partial charge in [0.15, 0.2) is 5.82 Å². The largest absolute Gasteiger partial charge is 0.336 e. The standard InChI is InChI=1S/C24H32N4O2/c1-3-16-13-18(17-9-10-17)14-20-22(16)25-23(26(20)2)24(30)27-11-12-28(21(29)15-27)19-7-5-4-6-8-19/h13-14,17,19H,3-12,15H2,1-2H3. The first kappa shape index (κ1) is 19.6. The Morgan fingerprint density at radius 3 is 2.53 bits per heavy atom. The topological polar surface area (TPSA) is 58.4 Å². The molecule has 0 spiro atoms. The van der Waals surface area contributed by atoms with Crippen molar-refractivity contribution in [1.29, 1.82) is 0 Å². The molecule has 160 valence electrons. The third kappa shape index (κ3) is 3.40. The van der Waals surface area contributed by atoms with Crippen LogP contribution in [0.25, 0.3) is 11.0 Å². The van der Waals surface area contributed by atoms with Gasteiger partial charge in [0, 0.05) is 26.2 Å². The van der Waals surface area contributed by atoms with Crippen molar-refractivity contribution >= 4 is 22.8 Å². The van der Waals surface area contributed by atoms with Gasteiger partial charge >= 0.3 is 0 Å². The second kappa shape index (κ2) is 7.71. The Morgan fingerprint density at radius 2 is 1.87 bits per heavy atom. The van der Waals surface area contributed by atoms with E-state index in [1.165, 1.54) is 43.2 Å². The van der Waals surface area contributed by atoms with Crippen LogP contribution in [0.3, 0.4) is 0 Å². The Hall–Kier alpha value is -2.37. The van der Waals surface area contributed by atoms with Crippen molar-refractivity contribution in [3.05, 3.63) is 29.1 Å². The van der Waals surface area contributed by atoms with Crippen LogP contribution in [-0.2, 0) is 18.3 Å². The SMILES string of the molecule is CCc1cc(C2CC2)cc2c1nc(C(=O)N1CCN(C3CCCCC3)C(=O)C1)n2C. The molecule has 0 bridgehead atoms. The normalized spacial score (nSPS) is 20.9. The number of rotatable bonds is 4. The lowest BCUT2D eigenvalue weighted by Crippen LogP contribution is -2.56. The number of hydrogen-bond acceptors (Lipinski definition) is 3. The molecule has 0 unspecified atom stereocenters. The summed E-state index contributed by atoms with van der Waals surface area (Å²) in [5.41, 5.74) is 4.55. The molecule has 0 atom stereocenters. The third-order valence-electron chi connectivity index (χ3n) is 7.27. The van der Waals surface area contributed by atoms with Gasteiger partial charge in [-0.25, -0.2) is 4.98 Å². The summed E-state index contributed by atoms with van der Waals surface area (Å²) in [4.78, 5) is 34.6. The maximum atomic E-state index is 13.3. The summed E-state index contributed by atoms with van der Waals surface area (Å²) < 4.78 is 1.93. The zero-order chi connectivity index (χ0) is 20.8. The summed E-state index contributed by atoms with van der Waals surface area (Å²) >= 11 is 0. The Bertz CT molecular complexity index is 985. The number of aromatic nitrogens is 2. The van der Waals surface area contributed by atoms with Crippen LogP contribution in [0.5, 0.6) is 0 Å². The Labute approximate surface area is 178 Å². The number of aryl methyl sites for hydroxylation is 2. The monoisotopic (exact) mass is 408 g/mol. The maximum absolute atomic E-state index is 13.3. The summed E-state index contributed by atoms with van der Waals surface area (Å²) in [6, 6.07) is 4.85. The molecule has 1 aromatic heterocycles. The van der Waals surface area contributed by atoms with Crippen molar-refractivity contribution in [3.8, 4) is 0 Å². The van der Waals surface area contributed by atoms with E-state index in [1.54, 1.807) is 4.90 Å². The number of amides is 2. The van der Waals surface area contributed by atoms with Crippen LogP contribution in [0.1, 0.15) is 79.5 Å². The fourth-order valence-electron chi connectivity index (χ4n) is 5.27. The summed E-state index contributed by atoms with van der Waals surface area (Å²) in [6.45, 7) is 3.56. The van der Waals surface area contributed by atoms with Gasteiger partial charge in [-0.05, 0) is 55.2 Å². The Morgan fingerprint density at radius 1 is 1.10 bits per heavy atom. The number of nitrogens with zero attached hydrogens (tertiary/aromatic N) is 4. The third-order valence-corrected chi connectivity index (χ3v) is 7.27. The number of hydrogen-bond donors (Lipinski definition) is 0. The molecule has 2 saturated carbocycles. The minimum Gasteiger partial charge on any atom is -0.336 e. The minimum atomic E-state index is -0.125. The van der Waals surface area contributed by atoms with Gasteiger partial charge in [0.2, 0.25) is 5.91 Å². The molecule has 1 saturated heterocycles. The molecule has 30 heavy (non-hydrogen) atoms. The molecule has 5 rings (SSSR count). The highest BCUT2D eigenvalue weighted by atomic mass is 16.2. The van der Waals surface area contributed by atoms with Gasteiger partial charge in [-0.15, -0.1) is 0 Å². The maximum Gasteiger partial charge on any atom is 0.290 e. The second-order valence-electron chi connectivity index (χ2n) is 9.28. The first-order valence-corrected chi connectivity index (χ1v) is 11.6. The Balaban J connectivity index is 1.38. The van der Waals surface area contributed by atoms with Gasteiger partial charge in [0.25, 0.3) is 5.91 Å². The van der Waals surface area contributed by atoms with E-state index >= 15 is 0 Å². The van der Waals surface area contributed by atoms with E-state index in [1.807, 2.05) is 16.5 Å². The molecule has 3 aliphatic rings. The highest BCUT2D eigenvalue weighted by Gasteiger charge is 2.34. The predicted octanol–water partition coefficient (Wildman–Crippen LogP) is 3.63. The fourth-order valence-corrected chi connectivity index (χ4v) is 5.27. The quantitative estimate of drug-likeness (QED) is 0.776. The van der Waals surface area contributed by atoms with Crippen LogP contribution in [-0.4, -0.2) is 56.8 Å². The number of benzene rings is 1. The summed E-state index contributed by atoms with van der Waals surface area (Å²) in [5.74, 6) is 1.08. The van der Waals surface area contributed by atoms with E-state index in [0.29, 0.717) is 30.9 Å². The van der Waals surface area contributed by atoms with Crippen LogP contribution in [0.4, 0.5) is 0 Å². The van der Waals surface area contributed by atoms with Crippen molar-refractivity contribution in [2.75, 3.05) is 19.6 Å². The molecule has 2 heterocycles. The summed E-state index contributed by atoms with van der Waals surface area (Å²) in [5, 5.41) is 0. The van der Waals surface area contributed by atoms with E-state index in [9.17, 15) is 9.59 Å². The number of piperazine rings is 1. The second-order valence-corrected chi connectivity index (χ2v) is 9.28. The smallest absolute Gasteiger partial charge is 0.290 e. The van der Waals surface area contributed by atoms with E-state index in [4.69, 9.17) is 4.98 Å². The molecule has 1 aliphatic heterocycles. The average Bonchev–Trinajstić information content (AvgIpc) is 3.57. The zero-order valence-electron chi connectivity index (χ0n) is 18.2. The molecule has 0 N–H and O–H groups in total. The molecular weight excluding hydrogens is 376 g/mol. The zero-order valence-corrected chi connectivity index (χ0v) is 18.2. The molecule has 2 amide bonds. The lowest BCUT2D eigenvalue weighted by molar-refractivity contribution is -0.138. The van der Waals surface area contributed by atoms with Crippen molar-refractivity contribution in [1.82, 2.24) is 19.4 Å². The lowest BCUT2D eigenvalue weighted by atomic mass is 9.93. The lowest BCUT2D eigenvalue weighted by Gasteiger charge is -2.40. The van der Waals surface area contributed by atoms with Crippen LogP contribution >= 0.6 is 0 Å². The molecule has 1 aromatic carbocycles. The van der Waals surface area contributed by atoms with Gasteiger partial charge < -0.3 is 14.4 Å². The van der Waals surface area contributed by atoms with Gasteiger partial charge in [-0.3, -0.25) is 9.59 Å². The van der Waals surface area contributed by atoms with Gasteiger partial charge in [-0.1, -0.05) is 32.3 Å². The molecule has 3 fully saturated rings. The van der Waals surface area contributed by atoms with Crippen molar-refractivity contribution in [2.45, 2.75) is 70.3 Å². The van der Waals surface area contributed by atoms with Crippen LogP contribution in [0, 0.1) is 0 Å². The predicted molar refractivity (Wildman–Crippen MR) is 117 cm³/mol. The molecule has 6 nitrogen and oxygen atoms in total. The number of carbonyl (C=O) groups excluding carboxylic acids is 2. The van der Waals surface area contributed by atoms with Crippen molar-refractivity contribution in [3.63, 3.8) is 0 Å². The van der Waals surface area contributed by atoms with Crippen molar-refractivity contribution in [2.24, 2.45) is 7.05 Å². The minimum absolute atomic E-state index is 0.0885. The summed E-state index contributed by atoms with van der Waals surface area (Å²) in [7, 11) is 1.93. The fraction of sp³-hybridized carbons (Fsp3) is 0.625. The van der Waals surface area contributed by atoms with E-state index in [0.717, 1.165) is 30.3 Å². The number of imidazole rings is 1. The number of fused-ring (bicyclic) bond motifs is 1. The first-order chi connectivity index (χ1) is 14.6. The van der Waals surface area contributed by atoms with Crippen LogP contribution in [0.2, 0.25) is 0 Å². The highest BCUT2D eigenvalue weighted by Crippen LogP contribution is 2.41. The van der Waals surface area contributed by atoms with E-state index < -0.39 is 0 Å². The number of carbonyl (C=O) groups is 2. The molecule has 6 heteroatoms. The van der Waals surface area contributed by atoms with Gasteiger partial charge in [0.05, 0.1) is 11.0 Å². The van der Waals surface area contributed by atoms with Crippen LogP contribution < -0.4 is 0 Å². The first-order valence-electron chi connectivity index (χ1n) is 11.6. The van der Waals surface area contributed by atoms with E-state index in [-0.39, 0.29) is 18.4 Å². The molecule has 2 aromatic rings. The molecular formula is C24H32N4O2. The highest BCUT2D eigenvalue weighted by molar-refractivity contribution is 5.98. The van der Waals surface area contributed by atoms with Crippen molar-refractivity contribution < 1.29 is 9.59 Å². The Kier molecular flexibility index (Phi) is 5.03. The van der Waals surface area contributed by atoms with E-state index in [2.05, 4.69) is 19.1 Å². The average molecular weight is 409 g/mol. The summed E-state index contributed by atoms with van der Waals surface area (Å²) in [6.07, 6.45) is 9.32.